The van der Waals surface area contributed by atoms with E-state index in [0.717, 1.165) is 11.4 Å². The van der Waals surface area contributed by atoms with E-state index >= 15 is 0 Å². The number of aromatic nitrogens is 4. The summed E-state index contributed by atoms with van der Waals surface area (Å²) >= 11 is 0. The number of nitrogens with one attached hydrogen (secondary N) is 1. The number of ether oxygens (including phenoxy) is 2. The molecule has 1 atom stereocenters. The van der Waals surface area contributed by atoms with Gasteiger partial charge in [-0.05, 0) is 39.0 Å². The van der Waals surface area contributed by atoms with Gasteiger partial charge in [-0.15, -0.1) is 5.10 Å². The zero-order valence-corrected chi connectivity index (χ0v) is 15.4. The van der Waals surface area contributed by atoms with E-state index in [-0.39, 0.29) is 5.82 Å². The van der Waals surface area contributed by atoms with E-state index in [0.29, 0.717) is 17.2 Å². The van der Waals surface area contributed by atoms with Gasteiger partial charge in [0, 0.05) is 11.4 Å². The second kappa shape index (κ2) is 7.40. The van der Waals surface area contributed by atoms with E-state index < -0.39 is 18.0 Å². The lowest BCUT2D eigenvalue weighted by Gasteiger charge is -2.14. The lowest BCUT2D eigenvalue weighted by atomic mass is 10.2. The zero-order valence-electron chi connectivity index (χ0n) is 15.4. The number of esters is 1. The Morgan fingerprint density at radius 1 is 1.19 bits per heavy atom. The molecule has 0 radical (unpaired) electrons. The Morgan fingerprint density at radius 2 is 1.93 bits per heavy atom. The fraction of sp³-hybridized carbons (Fsp3) is 0.278. The van der Waals surface area contributed by atoms with Crippen molar-refractivity contribution in [2.45, 2.75) is 26.9 Å². The van der Waals surface area contributed by atoms with Gasteiger partial charge in [0.2, 0.25) is 0 Å². The maximum Gasteiger partial charge on any atom is 0.379 e. The van der Waals surface area contributed by atoms with Crippen LogP contribution >= 0.6 is 0 Å². The number of aryl methyl sites for hydroxylation is 2. The molecule has 2 heterocycles. The molecule has 0 saturated heterocycles. The number of nitrogens with zero attached hydrogens (tertiary/aromatic N) is 4. The molecule has 3 rings (SSSR count). The molecule has 0 bridgehead atoms. The minimum Gasteiger partial charge on any atom is -0.495 e. The Hall–Kier alpha value is -3.49. The lowest BCUT2D eigenvalue weighted by molar-refractivity contribution is -0.123. The number of hydrogen-bond acceptors (Lipinski definition) is 7. The second-order valence-corrected chi connectivity index (χ2v) is 5.92. The summed E-state index contributed by atoms with van der Waals surface area (Å²) in [6.07, 6.45) is -1.05. The molecule has 0 unspecified atom stereocenters. The molecule has 0 saturated carbocycles. The van der Waals surface area contributed by atoms with Crippen LogP contribution in [0.25, 0.3) is 5.78 Å². The molecule has 1 amide bonds. The number of para-hydroxylation sites is 2. The van der Waals surface area contributed by atoms with Gasteiger partial charge in [0.15, 0.2) is 6.10 Å². The van der Waals surface area contributed by atoms with Crippen LogP contribution in [-0.4, -0.2) is 44.7 Å². The molecule has 2 aromatic heterocycles. The van der Waals surface area contributed by atoms with Crippen LogP contribution in [0.5, 0.6) is 5.75 Å². The average Bonchev–Trinajstić information content (AvgIpc) is 3.06. The smallest absolute Gasteiger partial charge is 0.379 e. The van der Waals surface area contributed by atoms with Gasteiger partial charge in [-0.2, -0.15) is 4.98 Å². The molecule has 0 aliphatic carbocycles. The first kappa shape index (κ1) is 18.3. The minimum absolute atomic E-state index is 0.159. The number of hydrogen-bond donors (Lipinski definition) is 1. The summed E-state index contributed by atoms with van der Waals surface area (Å²) in [5.41, 5.74) is 2.02. The molecule has 1 aromatic carbocycles. The Kier molecular flexibility index (Phi) is 5.02. The van der Waals surface area contributed by atoms with Crippen molar-refractivity contribution in [1.82, 2.24) is 19.6 Å². The van der Waals surface area contributed by atoms with Crippen LogP contribution in [0.2, 0.25) is 0 Å². The van der Waals surface area contributed by atoms with Crippen LogP contribution in [0, 0.1) is 13.8 Å². The Balaban J connectivity index is 1.71. The Morgan fingerprint density at radius 3 is 2.67 bits per heavy atom. The lowest BCUT2D eigenvalue weighted by Crippen LogP contribution is -2.30. The highest BCUT2D eigenvalue weighted by molar-refractivity contribution is 5.97. The summed E-state index contributed by atoms with van der Waals surface area (Å²) in [6.45, 7) is 5.12. The monoisotopic (exact) mass is 369 g/mol. The standard InChI is InChI=1S/C18H19N5O4/c1-10-9-11(2)23-18(19-10)21-15(22-23)17(25)27-12(3)16(24)20-13-7-5-6-8-14(13)26-4/h5-9,12H,1-4H3,(H,20,24)/t12-/m1/s1. The van der Waals surface area contributed by atoms with Crippen LogP contribution in [0.15, 0.2) is 30.3 Å². The molecule has 0 fully saturated rings. The summed E-state index contributed by atoms with van der Waals surface area (Å²) in [7, 11) is 1.50. The van der Waals surface area contributed by atoms with Gasteiger partial charge in [-0.25, -0.2) is 14.3 Å². The number of rotatable bonds is 5. The summed E-state index contributed by atoms with van der Waals surface area (Å²) < 4.78 is 11.8. The molecule has 1 N–H and O–H groups in total. The molecule has 3 aromatic rings. The number of amides is 1. The van der Waals surface area contributed by atoms with Crippen molar-refractivity contribution >= 4 is 23.3 Å². The summed E-state index contributed by atoms with van der Waals surface area (Å²) in [5.74, 6) is -0.663. The summed E-state index contributed by atoms with van der Waals surface area (Å²) in [4.78, 5) is 32.9. The molecule has 140 valence electrons. The zero-order chi connectivity index (χ0) is 19.6. The first-order chi connectivity index (χ1) is 12.9. The van der Waals surface area contributed by atoms with Crippen LogP contribution in [0.4, 0.5) is 5.69 Å². The van der Waals surface area contributed by atoms with Crippen molar-refractivity contribution in [3.8, 4) is 5.75 Å². The van der Waals surface area contributed by atoms with Crippen LogP contribution in [0.3, 0.4) is 0 Å². The average molecular weight is 369 g/mol. The fourth-order valence-electron chi connectivity index (χ4n) is 2.50. The molecular formula is C18H19N5O4. The van der Waals surface area contributed by atoms with E-state index in [2.05, 4.69) is 20.4 Å². The molecule has 0 spiro atoms. The highest BCUT2D eigenvalue weighted by Crippen LogP contribution is 2.23. The molecular weight excluding hydrogens is 350 g/mol. The molecule has 0 aliphatic rings. The normalized spacial score (nSPS) is 11.9. The highest BCUT2D eigenvalue weighted by atomic mass is 16.5. The van der Waals surface area contributed by atoms with Crippen LogP contribution in [-0.2, 0) is 9.53 Å². The van der Waals surface area contributed by atoms with Gasteiger partial charge in [-0.1, -0.05) is 12.1 Å². The minimum atomic E-state index is -1.05. The summed E-state index contributed by atoms with van der Waals surface area (Å²) in [6, 6.07) is 8.76. The van der Waals surface area contributed by atoms with Gasteiger partial charge >= 0.3 is 5.97 Å². The topological polar surface area (TPSA) is 108 Å². The van der Waals surface area contributed by atoms with Crippen LogP contribution < -0.4 is 10.1 Å². The molecule has 9 nitrogen and oxygen atoms in total. The number of carbonyl (C=O) groups is 2. The summed E-state index contributed by atoms with van der Waals surface area (Å²) in [5, 5.41) is 6.76. The van der Waals surface area contributed by atoms with Gasteiger partial charge in [0.25, 0.3) is 17.5 Å². The number of benzene rings is 1. The third-order valence-electron chi connectivity index (χ3n) is 3.82. The Bertz CT molecular complexity index is 1010. The predicted molar refractivity (Wildman–Crippen MR) is 96.8 cm³/mol. The maximum atomic E-state index is 12.3. The van der Waals surface area contributed by atoms with Crippen molar-refractivity contribution < 1.29 is 19.1 Å². The first-order valence-corrected chi connectivity index (χ1v) is 8.25. The highest BCUT2D eigenvalue weighted by Gasteiger charge is 2.23. The van der Waals surface area contributed by atoms with Gasteiger partial charge in [0.1, 0.15) is 5.75 Å². The second-order valence-electron chi connectivity index (χ2n) is 5.92. The van der Waals surface area contributed by atoms with Crippen molar-refractivity contribution in [2.75, 3.05) is 12.4 Å². The predicted octanol–water partition coefficient (Wildman–Crippen LogP) is 1.93. The fourth-order valence-corrected chi connectivity index (χ4v) is 2.50. The van der Waals surface area contributed by atoms with Crippen molar-refractivity contribution in [3.63, 3.8) is 0 Å². The number of carbonyl (C=O) groups excluding carboxylic acids is 2. The SMILES string of the molecule is COc1ccccc1NC(=O)[C@@H](C)OC(=O)c1nc2nc(C)cc(C)n2n1. The largest absolute Gasteiger partial charge is 0.495 e. The van der Waals surface area contributed by atoms with E-state index in [9.17, 15) is 9.59 Å². The molecule has 9 heteroatoms. The quantitative estimate of drug-likeness (QED) is 0.685. The van der Waals surface area contributed by atoms with Crippen molar-refractivity contribution in [2.24, 2.45) is 0 Å². The third-order valence-corrected chi connectivity index (χ3v) is 3.82. The number of anilines is 1. The van der Waals surface area contributed by atoms with Crippen LogP contribution in [0.1, 0.15) is 28.9 Å². The molecule has 0 aliphatic heterocycles. The van der Waals surface area contributed by atoms with Gasteiger partial charge < -0.3 is 14.8 Å². The maximum absolute atomic E-state index is 12.3. The van der Waals surface area contributed by atoms with Gasteiger partial charge in [0.05, 0.1) is 12.8 Å². The first-order valence-electron chi connectivity index (χ1n) is 8.25. The molecule has 27 heavy (non-hydrogen) atoms. The van der Waals surface area contributed by atoms with E-state index in [4.69, 9.17) is 9.47 Å². The van der Waals surface area contributed by atoms with E-state index in [1.807, 2.05) is 19.9 Å². The third kappa shape index (κ3) is 3.86. The van der Waals surface area contributed by atoms with E-state index in [1.54, 1.807) is 24.3 Å². The van der Waals surface area contributed by atoms with Crippen molar-refractivity contribution in [3.05, 3.63) is 47.5 Å². The Labute approximate surface area is 155 Å². The number of fused-ring (bicyclic) bond motifs is 1. The van der Waals surface area contributed by atoms with Gasteiger partial charge in [-0.3, -0.25) is 4.79 Å². The van der Waals surface area contributed by atoms with E-state index in [1.165, 1.54) is 18.5 Å². The number of methoxy groups -OCH3 is 1. The van der Waals surface area contributed by atoms with Crippen molar-refractivity contribution in [1.29, 1.82) is 0 Å².